The van der Waals surface area contributed by atoms with E-state index in [1.165, 1.54) is 19.3 Å². The van der Waals surface area contributed by atoms with Crippen molar-refractivity contribution in [3.63, 3.8) is 0 Å². The number of hydrogen-bond acceptors (Lipinski definition) is 3. The summed E-state index contributed by atoms with van der Waals surface area (Å²) >= 11 is 6.42. The van der Waals surface area contributed by atoms with Crippen molar-refractivity contribution in [2.24, 2.45) is 11.7 Å². The van der Waals surface area contributed by atoms with Gasteiger partial charge in [0.05, 0.1) is 16.6 Å². The van der Waals surface area contributed by atoms with E-state index in [1.54, 1.807) is 4.90 Å². The number of carbonyl (C=O) groups is 2. The van der Waals surface area contributed by atoms with Gasteiger partial charge in [-0.15, -0.1) is 0 Å². The van der Waals surface area contributed by atoms with Crippen LogP contribution in [-0.4, -0.2) is 31.4 Å². The summed E-state index contributed by atoms with van der Waals surface area (Å²) in [7, 11) is 0. The maximum atomic E-state index is 12.1. The Morgan fingerprint density at radius 1 is 1.23 bits per heavy atom. The molecule has 118 valence electrons. The number of nitrogens with two attached hydrogens (primary N) is 1. The highest BCUT2D eigenvalue weighted by Crippen LogP contribution is 2.34. The van der Waals surface area contributed by atoms with Crippen LogP contribution in [0.25, 0.3) is 0 Å². The van der Waals surface area contributed by atoms with Gasteiger partial charge in [0.1, 0.15) is 0 Å². The lowest BCUT2D eigenvalue weighted by molar-refractivity contribution is -0.123. The Kier molecular flexibility index (Phi) is 4.25. The van der Waals surface area contributed by atoms with E-state index in [-0.39, 0.29) is 12.3 Å². The van der Waals surface area contributed by atoms with E-state index >= 15 is 0 Å². The maximum absolute atomic E-state index is 12.1. The summed E-state index contributed by atoms with van der Waals surface area (Å²) in [5, 5.41) is 0.648. The lowest BCUT2D eigenvalue weighted by Crippen LogP contribution is -2.30. The first kappa shape index (κ1) is 15.2. The third kappa shape index (κ3) is 2.90. The molecule has 2 saturated heterocycles. The zero-order chi connectivity index (χ0) is 15.7. The molecule has 5 nitrogen and oxygen atoms in total. The Morgan fingerprint density at radius 3 is 2.55 bits per heavy atom. The average molecular weight is 322 g/mol. The number of rotatable bonds is 3. The molecule has 2 aliphatic rings. The topological polar surface area (TPSA) is 66.6 Å². The molecule has 22 heavy (non-hydrogen) atoms. The second-order valence-corrected chi connectivity index (χ2v) is 6.40. The summed E-state index contributed by atoms with van der Waals surface area (Å²) < 4.78 is 0. The van der Waals surface area contributed by atoms with Crippen molar-refractivity contribution in [2.45, 2.75) is 25.7 Å². The van der Waals surface area contributed by atoms with Crippen molar-refractivity contribution in [3.05, 3.63) is 23.2 Å². The summed E-state index contributed by atoms with van der Waals surface area (Å²) in [5.74, 6) is -0.912. The number of amides is 2. The first-order chi connectivity index (χ1) is 10.6. The molecular weight excluding hydrogens is 302 g/mol. The first-order valence-corrected chi connectivity index (χ1v) is 8.08. The molecule has 1 aromatic carbocycles. The molecule has 3 rings (SSSR count). The predicted molar refractivity (Wildman–Crippen MR) is 87.2 cm³/mol. The molecule has 0 saturated carbocycles. The quantitative estimate of drug-likeness (QED) is 0.927. The highest BCUT2D eigenvalue weighted by Gasteiger charge is 2.34. The molecule has 2 heterocycles. The van der Waals surface area contributed by atoms with E-state index in [4.69, 9.17) is 17.3 Å². The highest BCUT2D eigenvalue weighted by atomic mass is 35.5. The van der Waals surface area contributed by atoms with Gasteiger partial charge in [0, 0.05) is 31.7 Å². The van der Waals surface area contributed by atoms with Crippen molar-refractivity contribution >= 4 is 34.8 Å². The van der Waals surface area contributed by atoms with E-state index in [0.29, 0.717) is 11.6 Å². The van der Waals surface area contributed by atoms with Crippen molar-refractivity contribution in [3.8, 4) is 0 Å². The van der Waals surface area contributed by atoms with Gasteiger partial charge in [0.15, 0.2) is 0 Å². The van der Waals surface area contributed by atoms with Gasteiger partial charge < -0.3 is 15.5 Å². The molecule has 0 aliphatic carbocycles. The number of piperidine rings is 1. The minimum Gasteiger partial charge on any atom is -0.370 e. The Bertz CT molecular complexity index is 599. The number of primary amides is 1. The van der Waals surface area contributed by atoms with Gasteiger partial charge in [-0.25, -0.2) is 0 Å². The molecule has 1 unspecified atom stereocenters. The van der Waals surface area contributed by atoms with Crippen LogP contribution in [-0.2, 0) is 9.59 Å². The molecule has 1 aromatic rings. The molecule has 1 atom stereocenters. The van der Waals surface area contributed by atoms with Crippen LogP contribution < -0.4 is 15.5 Å². The van der Waals surface area contributed by atoms with Crippen LogP contribution in [0.1, 0.15) is 25.7 Å². The number of halogens is 1. The molecule has 2 amide bonds. The van der Waals surface area contributed by atoms with Crippen LogP contribution in [0.2, 0.25) is 5.02 Å². The first-order valence-electron chi connectivity index (χ1n) is 7.70. The molecular formula is C16H20ClN3O2. The summed E-state index contributed by atoms with van der Waals surface area (Å²) in [5.41, 5.74) is 7.05. The Morgan fingerprint density at radius 2 is 1.95 bits per heavy atom. The molecule has 2 aliphatic heterocycles. The largest absolute Gasteiger partial charge is 0.370 e. The van der Waals surface area contributed by atoms with Crippen LogP contribution in [0.3, 0.4) is 0 Å². The second-order valence-electron chi connectivity index (χ2n) is 5.99. The van der Waals surface area contributed by atoms with Crippen molar-refractivity contribution in [2.75, 3.05) is 29.4 Å². The second kappa shape index (κ2) is 6.16. The van der Waals surface area contributed by atoms with Gasteiger partial charge >= 0.3 is 0 Å². The zero-order valence-corrected chi connectivity index (χ0v) is 13.2. The van der Waals surface area contributed by atoms with Crippen molar-refractivity contribution in [1.82, 2.24) is 0 Å². The summed E-state index contributed by atoms with van der Waals surface area (Å²) in [6.07, 6.45) is 3.82. The Hall–Kier alpha value is -1.75. The summed E-state index contributed by atoms with van der Waals surface area (Å²) in [4.78, 5) is 27.2. The van der Waals surface area contributed by atoms with Gasteiger partial charge in [0.25, 0.3) is 0 Å². The Balaban J connectivity index is 1.80. The van der Waals surface area contributed by atoms with E-state index in [0.717, 1.165) is 24.5 Å². The fourth-order valence-corrected chi connectivity index (χ4v) is 3.50. The molecule has 0 bridgehead atoms. The summed E-state index contributed by atoms with van der Waals surface area (Å²) in [6.45, 7) is 2.38. The maximum Gasteiger partial charge on any atom is 0.227 e. The van der Waals surface area contributed by atoms with Gasteiger partial charge in [-0.2, -0.15) is 0 Å². The molecule has 2 N–H and O–H groups in total. The number of anilines is 2. The fourth-order valence-electron chi connectivity index (χ4n) is 3.20. The molecule has 0 aromatic heterocycles. The van der Waals surface area contributed by atoms with Crippen LogP contribution >= 0.6 is 11.6 Å². The smallest absolute Gasteiger partial charge is 0.227 e. The normalized spacial score (nSPS) is 22.2. The molecule has 6 heteroatoms. The van der Waals surface area contributed by atoms with Gasteiger partial charge in [-0.3, -0.25) is 9.59 Å². The number of carbonyl (C=O) groups excluding carboxylic acids is 2. The van der Waals surface area contributed by atoms with Crippen molar-refractivity contribution < 1.29 is 9.59 Å². The number of benzene rings is 1. The van der Waals surface area contributed by atoms with Gasteiger partial charge in [-0.1, -0.05) is 11.6 Å². The SMILES string of the molecule is NC(=O)C1CC(=O)N(c2ccc(N3CCCCC3)c(Cl)c2)C1. The van der Waals surface area contributed by atoms with Crippen LogP contribution in [0.15, 0.2) is 18.2 Å². The lowest BCUT2D eigenvalue weighted by Gasteiger charge is -2.30. The highest BCUT2D eigenvalue weighted by molar-refractivity contribution is 6.33. The Labute approximate surface area is 135 Å². The van der Waals surface area contributed by atoms with Gasteiger partial charge in [-0.05, 0) is 37.5 Å². The van der Waals surface area contributed by atoms with Crippen molar-refractivity contribution in [1.29, 1.82) is 0 Å². The monoisotopic (exact) mass is 321 g/mol. The average Bonchev–Trinajstić information content (AvgIpc) is 2.90. The zero-order valence-electron chi connectivity index (χ0n) is 12.4. The van der Waals surface area contributed by atoms with E-state index < -0.39 is 11.8 Å². The molecule has 0 radical (unpaired) electrons. The number of hydrogen-bond donors (Lipinski definition) is 1. The summed E-state index contributed by atoms with van der Waals surface area (Å²) in [6, 6.07) is 5.68. The van der Waals surface area contributed by atoms with E-state index in [1.807, 2.05) is 18.2 Å². The number of nitrogens with zero attached hydrogens (tertiary/aromatic N) is 2. The molecule has 0 spiro atoms. The minimum absolute atomic E-state index is 0.0782. The van der Waals surface area contributed by atoms with Crippen LogP contribution in [0.4, 0.5) is 11.4 Å². The van der Waals surface area contributed by atoms with E-state index in [2.05, 4.69) is 4.90 Å². The minimum atomic E-state index is -0.424. The third-order valence-corrected chi connectivity index (χ3v) is 4.77. The van der Waals surface area contributed by atoms with Crippen LogP contribution in [0.5, 0.6) is 0 Å². The third-order valence-electron chi connectivity index (χ3n) is 4.47. The van der Waals surface area contributed by atoms with Crippen LogP contribution in [0, 0.1) is 5.92 Å². The van der Waals surface area contributed by atoms with Gasteiger partial charge in [0.2, 0.25) is 11.8 Å². The molecule has 2 fully saturated rings. The fraction of sp³-hybridized carbons (Fsp3) is 0.500. The standard InChI is InChI=1S/C16H20ClN3O2/c17-13-9-12(20-10-11(16(18)22)8-15(20)21)4-5-14(13)19-6-2-1-3-7-19/h4-5,9,11H,1-3,6-8,10H2,(H2,18,22). The predicted octanol–water partition coefficient (Wildman–Crippen LogP) is 2.17. The lowest BCUT2D eigenvalue weighted by atomic mass is 10.1. The van der Waals surface area contributed by atoms with E-state index in [9.17, 15) is 9.59 Å².